The third-order valence-corrected chi connectivity index (χ3v) is 3.98. The van der Waals surface area contributed by atoms with Gasteiger partial charge >= 0.3 is 0 Å². The fourth-order valence-corrected chi connectivity index (χ4v) is 2.72. The van der Waals surface area contributed by atoms with Crippen LogP contribution in [0.25, 0.3) is 0 Å². The van der Waals surface area contributed by atoms with Gasteiger partial charge in [0.2, 0.25) is 0 Å². The molecule has 1 aromatic rings. The van der Waals surface area contributed by atoms with E-state index in [9.17, 15) is 9.59 Å². The zero-order valence-corrected chi connectivity index (χ0v) is 13.1. The highest BCUT2D eigenvalue weighted by Crippen LogP contribution is 2.36. The van der Waals surface area contributed by atoms with E-state index in [2.05, 4.69) is 10.2 Å². The first-order chi connectivity index (χ1) is 11.2. The Bertz CT molecular complexity index is 611. The van der Waals surface area contributed by atoms with E-state index in [1.807, 2.05) is 0 Å². The van der Waals surface area contributed by atoms with E-state index in [1.54, 1.807) is 12.1 Å². The lowest BCUT2D eigenvalue weighted by Gasteiger charge is -2.26. The molecule has 1 fully saturated rings. The van der Waals surface area contributed by atoms with E-state index in [-0.39, 0.29) is 0 Å². The summed E-state index contributed by atoms with van der Waals surface area (Å²) in [6.45, 7) is 4.91. The molecular weight excluding hydrogens is 300 g/mol. The van der Waals surface area contributed by atoms with Crippen LogP contribution in [0.2, 0.25) is 0 Å². The zero-order chi connectivity index (χ0) is 16.2. The van der Waals surface area contributed by atoms with Gasteiger partial charge in [-0.05, 0) is 12.5 Å². The van der Waals surface area contributed by atoms with Crippen LogP contribution in [0.3, 0.4) is 0 Å². The summed E-state index contributed by atoms with van der Waals surface area (Å²) >= 11 is 0. The van der Waals surface area contributed by atoms with Gasteiger partial charge in [-0.3, -0.25) is 14.5 Å². The molecule has 0 aromatic heterocycles. The van der Waals surface area contributed by atoms with Crippen LogP contribution in [0.15, 0.2) is 12.1 Å². The average Bonchev–Trinajstić information content (AvgIpc) is 2.86. The van der Waals surface area contributed by atoms with Gasteiger partial charge < -0.3 is 19.5 Å². The standard InChI is InChI=1S/C16H20N2O5/c1-21-13-10-12-11(15(19)16(20)17-12)9-14(13)23-6-2-3-18-4-7-22-8-5-18/h9-10H,2-8H2,1H3,(H,17,19,20). The van der Waals surface area contributed by atoms with Gasteiger partial charge in [0, 0.05) is 25.7 Å². The normalized spacial score (nSPS) is 17.8. The number of nitrogens with one attached hydrogen (secondary N) is 1. The Kier molecular flexibility index (Phi) is 4.78. The second-order valence-electron chi connectivity index (χ2n) is 5.49. The number of methoxy groups -OCH3 is 1. The van der Waals surface area contributed by atoms with Crippen LogP contribution < -0.4 is 14.8 Å². The van der Waals surface area contributed by atoms with Gasteiger partial charge in [0.15, 0.2) is 11.5 Å². The number of fused-ring (bicyclic) bond motifs is 1. The molecule has 2 aliphatic rings. The first kappa shape index (κ1) is 15.8. The number of morpholine rings is 1. The Morgan fingerprint density at radius 1 is 1.22 bits per heavy atom. The number of ether oxygens (including phenoxy) is 3. The molecule has 124 valence electrons. The quantitative estimate of drug-likeness (QED) is 0.621. The van der Waals surface area contributed by atoms with Crippen molar-refractivity contribution >= 4 is 17.4 Å². The Labute approximate surface area is 134 Å². The molecule has 0 spiro atoms. The van der Waals surface area contributed by atoms with E-state index in [0.717, 1.165) is 39.3 Å². The van der Waals surface area contributed by atoms with Gasteiger partial charge in [0.1, 0.15) is 0 Å². The average molecular weight is 320 g/mol. The van der Waals surface area contributed by atoms with Gasteiger partial charge in [-0.1, -0.05) is 0 Å². The lowest BCUT2D eigenvalue weighted by Crippen LogP contribution is -2.37. The number of Topliss-reactive ketones (excluding diaryl/α,β-unsaturated/α-hetero) is 1. The highest BCUT2D eigenvalue weighted by atomic mass is 16.5. The number of benzene rings is 1. The van der Waals surface area contributed by atoms with E-state index < -0.39 is 11.7 Å². The summed E-state index contributed by atoms with van der Waals surface area (Å²) in [5.41, 5.74) is 0.802. The summed E-state index contributed by atoms with van der Waals surface area (Å²) in [6.07, 6.45) is 0.866. The SMILES string of the molecule is COc1cc2c(cc1OCCCN1CCOCC1)C(=O)C(=O)N2. The van der Waals surface area contributed by atoms with Crippen LogP contribution >= 0.6 is 0 Å². The number of carbonyl (C=O) groups is 2. The lowest BCUT2D eigenvalue weighted by atomic mass is 10.1. The maximum absolute atomic E-state index is 11.8. The van der Waals surface area contributed by atoms with Crippen molar-refractivity contribution in [3.05, 3.63) is 17.7 Å². The van der Waals surface area contributed by atoms with E-state index in [0.29, 0.717) is 29.4 Å². The third kappa shape index (κ3) is 3.46. The summed E-state index contributed by atoms with van der Waals surface area (Å²) in [6, 6.07) is 3.19. The molecular formula is C16H20N2O5. The van der Waals surface area contributed by atoms with Crippen LogP contribution in [0, 0.1) is 0 Å². The van der Waals surface area contributed by atoms with Crippen molar-refractivity contribution < 1.29 is 23.8 Å². The monoisotopic (exact) mass is 320 g/mol. The van der Waals surface area contributed by atoms with Crippen LogP contribution in [0.5, 0.6) is 11.5 Å². The first-order valence-electron chi connectivity index (χ1n) is 7.69. The fourth-order valence-electron chi connectivity index (χ4n) is 2.72. The molecule has 7 nitrogen and oxygen atoms in total. The lowest BCUT2D eigenvalue weighted by molar-refractivity contribution is -0.112. The third-order valence-electron chi connectivity index (χ3n) is 3.98. The Morgan fingerprint density at radius 2 is 2.00 bits per heavy atom. The Morgan fingerprint density at radius 3 is 2.74 bits per heavy atom. The first-order valence-corrected chi connectivity index (χ1v) is 7.69. The predicted molar refractivity (Wildman–Crippen MR) is 83.3 cm³/mol. The van der Waals surface area contributed by atoms with Crippen molar-refractivity contribution in [1.82, 2.24) is 4.90 Å². The van der Waals surface area contributed by atoms with Gasteiger partial charge in [-0.15, -0.1) is 0 Å². The minimum atomic E-state index is -0.619. The molecule has 23 heavy (non-hydrogen) atoms. The number of anilines is 1. The Hall–Kier alpha value is -2.12. The molecule has 0 unspecified atom stereocenters. The maximum Gasteiger partial charge on any atom is 0.296 e. The summed E-state index contributed by atoms with van der Waals surface area (Å²) in [5, 5.41) is 2.52. The fraction of sp³-hybridized carbons (Fsp3) is 0.500. The topological polar surface area (TPSA) is 77.1 Å². The molecule has 1 aromatic carbocycles. The van der Waals surface area contributed by atoms with E-state index >= 15 is 0 Å². The molecule has 3 rings (SSSR count). The van der Waals surface area contributed by atoms with Crippen molar-refractivity contribution in [1.29, 1.82) is 0 Å². The molecule has 0 bridgehead atoms. The minimum Gasteiger partial charge on any atom is -0.493 e. The van der Waals surface area contributed by atoms with E-state index in [1.165, 1.54) is 7.11 Å². The number of ketones is 1. The van der Waals surface area contributed by atoms with Crippen molar-refractivity contribution in [3.63, 3.8) is 0 Å². The highest BCUT2D eigenvalue weighted by Gasteiger charge is 2.30. The predicted octanol–water partition coefficient (Wildman–Crippen LogP) is 0.931. The smallest absolute Gasteiger partial charge is 0.296 e. The van der Waals surface area contributed by atoms with E-state index in [4.69, 9.17) is 14.2 Å². The highest BCUT2D eigenvalue weighted by molar-refractivity contribution is 6.51. The molecule has 1 N–H and O–H groups in total. The van der Waals surface area contributed by atoms with Gasteiger partial charge in [-0.25, -0.2) is 0 Å². The summed E-state index contributed by atoms with van der Waals surface area (Å²) in [4.78, 5) is 25.5. The van der Waals surface area contributed by atoms with Gasteiger partial charge in [0.25, 0.3) is 11.7 Å². The second kappa shape index (κ2) is 6.97. The number of hydrogen-bond acceptors (Lipinski definition) is 6. The number of rotatable bonds is 6. The minimum absolute atomic E-state index is 0.332. The second-order valence-corrected chi connectivity index (χ2v) is 5.49. The summed E-state index contributed by atoms with van der Waals surface area (Å²) < 4.78 is 16.3. The number of hydrogen-bond donors (Lipinski definition) is 1. The van der Waals surface area contributed by atoms with Crippen molar-refractivity contribution in [2.45, 2.75) is 6.42 Å². The summed E-state index contributed by atoms with van der Waals surface area (Å²) in [5.74, 6) is -0.171. The largest absolute Gasteiger partial charge is 0.493 e. The number of carbonyl (C=O) groups excluding carboxylic acids is 2. The number of nitrogens with zero attached hydrogens (tertiary/aromatic N) is 1. The van der Waals surface area contributed by atoms with Crippen LogP contribution in [-0.4, -0.2) is 63.2 Å². The van der Waals surface area contributed by atoms with Crippen LogP contribution in [0.4, 0.5) is 5.69 Å². The molecule has 0 saturated carbocycles. The molecule has 1 saturated heterocycles. The van der Waals surface area contributed by atoms with Gasteiger partial charge in [-0.2, -0.15) is 0 Å². The van der Waals surface area contributed by atoms with Crippen LogP contribution in [-0.2, 0) is 9.53 Å². The Balaban J connectivity index is 1.59. The van der Waals surface area contributed by atoms with Crippen LogP contribution in [0.1, 0.15) is 16.8 Å². The molecule has 0 atom stereocenters. The molecule has 0 aliphatic carbocycles. The van der Waals surface area contributed by atoms with Gasteiger partial charge in [0.05, 0.1) is 38.2 Å². The summed E-state index contributed by atoms with van der Waals surface area (Å²) in [7, 11) is 1.53. The maximum atomic E-state index is 11.8. The molecule has 2 heterocycles. The van der Waals surface area contributed by atoms with Crippen molar-refractivity contribution in [3.8, 4) is 11.5 Å². The molecule has 2 aliphatic heterocycles. The molecule has 1 amide bonds. The number of amides is 1. The zero-order valence-electron chi connectivity index (χ0n) is 13.1. The molecule has 7 heteroatoms. The van der Waals surface area contributed by atoms with Crippen molar-refractivity contribution in [2.75, 3.05) is 51.9 Å². The molecule has 0 radical (unpaired) electrons. The van der Waals surface area contributed by atoms with Crippen molar-refractivity contribution in [2.24, 2.45) is 0 Å².